The summed E-state index contributed by atoms with van der Waals surface area (Å²) in [6.45, 7) is 1.40. The highest BCUT2D eigenvalue weighted by atomic mass is 16.5. The van der Waals surface area contributed by atoms with Gasteiger partial charge in [-0.05, 0) is 73.2 Å². The number of hydrogen-bond donors (Lipinski definition) is 2. The van der Waals surface area contributed by atoms with Crippen LogP contribution in [0.3, 0.4) is 0 Å². The molecule has 0 aliphatic carbocycles. The fraction of sp³-hybridized carbons (Fsp3) is 0.156. The second kappa shape index (κ2) is 14.3. The number of amides is 2. The fourth-order valence-electron chi connectivity index (χ4n) is 3.68. The van der Waals surface area contributed by atoms with Crippen LogP contribution in [0.25, 0.3) is 0 Å². The lowest BCUT2D eigenvalue weighted by molar-refractivity contribution is -0.129. The molecule has 0 aliphatic rings. The van der Waals surface area contributed by atoms with E-state index in [-0.39, 0.29) is 25.6 Å². The van der Waals surface area contributed by atoms with Crippen molar-refractivity contribution in [3.05, 3.63) is 120 Å². The average Bonchev–Trinajstić information content (AvgIpc) is 2.98. The molecule has 0 saturated carbocycles. The maximum atomic E-state index is 13.1. The van der Waals surface area contributed by atoms with Gasteiger partial charge in [-0.2, -0.15) is 0 Å². The molecule has 2 N–H and O–H groups in total. The lowest BCUT2D eigenvalue weighted by Crippen LogP contribution is -2.48. The molecule has 0 spiro atoms. The molecular formula is C32H30N2O6. The number of rotatable bonds is 13. The predicted molar refractivity (Wildman–Crippen MR) is 152 cm³/mol. The van der Waals surface area contributed by atoms with Crippen molar-refractivity contribution < 1.29 is 28.6 Å². The molecule has 4 aromatic carbocycles. The van der Waals surface area contributed by atoms with Gasteiger partial charge in [0, 0.05) is 11.3 Å². The van der Waals surface area contributed by atoms with Crippen molar-refractivity contribution in [1.29, 1.82) is 0 Å². The van der Waals surface area contributed by atoms with Crippen LogP contribution in [-0.4, -0.2) is 36.9 Å². The normalized spacial score (nSPS) is 11.2. The van der Waals surface area contributed by atoms with E-state index in [0.29, 0.717) is 28.5 Å². The summed E-state index contributed by atoms with van der Waals surface area (Å²) in [5, 5.41) is 5.50. The molecular weight excluding hydrogens is 508 g/mol. The van der Waals surface area contributed by atoms with Gasteiger partial charge in [0.15, 0.2) is 12.4 Å². The van der Waals surface area contributed by atoms with Crippen LogP contribution in [0.1, 0.15) is 22.8 Å². The first kappa shape index (κ1) is 28.1. The third-order valence-electron chi connectivity index (χ3n) is 5.78. The topological polar surface area (TPSA) is 103 Å². The Labute approximate surface area is 232 Å². The number of anilines is 1. The zero-order chi connectivity index (χ0) is 28.2. The summed E-state index contributed by atoms with van der Waals surface area (Å²) < 4.78 is 17.1. The smallest absolute Gasteiger partial charge is 0.258 e. The second-order valence-electron chi connectivity index (χ2n) is 8.92. The van der Waals surface area contributed by atoms with Gasteiger partial charge >= 0.3 is 0 Å². The van der Waals surface area contributed by atoms with Gasteiger partial charge in [0.05, 0.1) is 13.2 Å². The van der Waals surface area contributed by atoms with Gasteiger partial charge in [0.2, 0.25) is 5.91 Å². The zero-order valence-electron chi connectivity index (χ0n) is 22.0. The lowest BCUT2D eigenvalue weighted by atomic mass is 10.1. The van der Waals surface area contributed by atoms with E-state index < -0.39 is 17.9 Å². The van der Waals surface area contributed by atoms with E-state index in [0.717, 1.165) is 5.56 Å². The molecule has 0 heterocycles. The van der Waals surface area contributed by atoms with Crippen LogP contribution in [-0.2, 0) is 20.9 Å². The van der Waals surface area contributed by atoms with Crippen LogP contribution >= 0.6 is 0 Å². The van der Waals surface area contributed by atoms with Crippen LogP contribution in [0.4, 0.5) is 5.69 Å². The average molecular weight is 539 g/mol. The number of hydrogen-bond acceptors (Lipinski definition) is 6. The van der Waals surface area contributed by atoms with Gasteiger partial charge in [0.25, 0.3) is 5.91 Å². The highest BCUT2D eigenvalue weighted by Crippen LogP contribution is 2.22. The highest BCUT2D eigenvalue weighted by molar-refractivity contribution is 5.97. The highest BCUT2D eigenvalue weighted by Gasteiger charge is 2.22. The van der Waals surface area contributed by atoms with Crippen molar-refractivity contribution >= 4 is 23.3 Å². The van der Waals surface area contributed by atoms with Crippen molar-refractivity contribution in [1.82, 2.24) is 5.32 Å². The Morgan fingerprint density at radius 3 is 1.98 bits per heavy atom. The van der Waals surface area contributed by atoms with Crippen molar-refractivity contribution in [2.45, 2.75) is 19.6 Å². The molecule has 4 aromatic rings. The summed E-state index contributed by atoms with van der Waals surface area (Å²) in [5.74, 6) is 0.754. The SMILES string of the molecule is CC(=O)c1ccc(OCC(=O)NC(COCc2ccccc2)C(=O)Nc2ccc(Oc3ccccc3)cc2)cc1. The number of nitrogens with one attached hydrogen (secondary N) is 2. The van der Waals surface area contributed by atoms with E-state index in [1.54, 1.807) is 48.5 Å². The molecule has 0 aliphatic heterocycles. The zero-order valence-corrected chi connectivity index (χ0v) is 22.0. The number of para-hydroxylation sites is 1. The molecule has 1 atom stereocenters. The summed E-state index contributed by atoms with van der Waals surface area (Å²) in [6.07, 6.45) is 0. The van der Waals surface area contributed by atoms with E-state index >= 15 is 0 Å². The maximum absolute atomic E-state index is 13.1. The van der Waals surface area contributed by atoms with Gasteiger partial charge in [-0.15, -0.1) is 0 Å². The molecule has 4 rings (SSSR count). The molecule has 0 fully saturated rings. The monoisotopic (exact) mass is 538 g/mol. The van der Waals surface area contributed by atoms with Crippen LogP contribution in [0, 0.1) is 0 Å². The van der Waals surface area contributed by atoms with Crippen molar-refractivity contribution in [3.8, 4) is 17.2 Å². The molecule has 0 saturated heterocycles. The third-order valence-corrected chi connectivity index (χ3v) is 5.78. The van der Waals surface area contributed by atoms with Crippen LogP contribution < -0.4 is 20.1 Å². The summed E-state index contributed by atoms with van der Waals surface area (Å²) >= 11 is 0. The second-order valence-corrected chi connectivity index (χ2v) is 8.92. The number of carbonyl (C=O) groups is 3. The molecule has 1 unspecified atom stereocenters. The van der Waals surface area contributed by atoms with Crippen LogP contribution in [0.5, 0.6) is 17.2 Å². The first-order valence-corrected chi connectivity index (χ1v) is 12.7. The van der Waals surface area contributed by atoms with E-state index in [9.17, 15) is 14.4 Å². The van der Waals surface area contributed by atoms with Gasteiger partial charge in [0.1, 0.15) is 23.3 Å². The van der Waals surface area contributed by atoms with Gasteiger partial charge in [-0.1, -0.05) is 48.5 Å². The van der Waals surface area contributed by atoms with Crippen molar-refractivity contribution in [3.63, 3.8) is 0 Å². The largest absolute Gasteiger partial charge is 0.484 e. The summed E-state index contributed by atoms with van der Waals surface area (Å²) in [6, 6.07) is 31.3. The van der Waals surface area contributed by atoms with Gasteiger partial charge in [-0.25, -0.2) is 0 Å². The molecule has 8 heteroatoms. The molecule has 2 amide bonds. The summed E-state index contributed by atoms with van der Waals surface area (Å²) in [7, 11) is 0. The summed E-state index contributed by atoms with van der Waals surface area (Å²) in [4.78, 5) is 37.2. The first-order valence-electron chi connectivity index (χ1n) is 12.7. The molecule has 0 radical (unpaired) electrons. The third kappa shape index (κ3) is 8.82. The van der Waals surface area contributed by atoms with Crippen molar-refractivity contribution in [2.24, 2.45) is 0 Å². The minimum atomic E-state index is -0.972. The van der Waals surface area contributed by atoms with E-state index in [2.05, 4.69) is 10.6 Å². The standard InChI is InChI=1S/C32H30N2O6/c1-23(35)25-12-16-27(17-13-25)39-22-31(36)34-30(21-38-20-24-8-4-2-5-9-24)32(37)33-26-14-18-29(19-15-26)40-28-10-6-3-7-11-28/h2-19,30H,20-22H2,1H3,(H,33,37)(H,34,36). The molecule has 0 bridgehead atoms. The number of carbonyl (C=O) groups excluding carboxylic acids is 3. The van der Waals surface area contributed by atoms with Crippen LogP contribution in [0.15, 0.2) is 109 Å². The number of Topliss-reactive ketones (excluding diaryl/α,β-unsaturated/α-hetero) is 1. The fourth-order valence-corrected chi connectivity index (χ4v) is 3.68. The van der Waals surface area contributed by atoms with Crippen LogP contribution in [0.2, 0.25) is 0 Å². The Morgan fingerprint density at radius 1 is 0.725 bits per heavy atom. The summed E-state index contributed by atoms with van der Waals surface area (Å²) in [5.41, 5.74) is 2.03. The lowest BCUT2D eigenvalue weighted by Gasteiger charge is -2.19. The van der Waals surface area contributed by atoms with E-state index in [1.165, 1.54) is 6.92 Å². The Balaban J connectivity index is 1.35. The Bertz CT molecular complexity index is 1390. The maximum Gasteiger partial charge on any atom is 0.258 e. The first-order chi connectivity index (χ1) is 19.5. The minimum absolute atomic E-state index is 0.0466. The van der Waals surface area contributed by atoms with E-state index in [4.69, 9.17) is 14.2 Å². The molecule has 204 valence electrons. The molecule has 8 nitrogen and oxygen atoms in total. The molecule has 40 heavy (non-hydrogen) atoms. The van der Waals surface area contributed by atoms with E-state index in [1.807, 2.05) is 60.7 Å². The number of ether oxygens (including phenoxy) is 3. The van der Waals surface area contributed by atoms with Gasteiger partial charge < -0.3 is 24.8 Å². The quantitative estimate of drug-likeness (QED) is 0.221. The Hall–Kier alpha value is -4.95. The Morgan fingerprint density at radius 2 is 1.32 bits per heavy atom. The Kier molecular flexibility index (Phi) is 10.0. The molecule has 0 aromatic heterocycles. The predicted octanol–water partition coefficient (Wildman–Crippen LogP) is 5.40. The number of benzene rings is 4. The van der Waals surface area contributed by atoms with Gasteiger partial charge in [-0.3, -0.25) is 14.4 Å². The minimum Gasteiger partial charge on any atom is -0.484 e. The number of ketones is 1. The van der Waals surface area contributed by atoms with Crippen molar-refractivity contribution in [2.75, 3.05) is 18.5 Å².